The Balaban J connectivity index is 1.68. The molecule has 0 heterocycles. The van der Waals surface area contributed by atoms with Gasteiger partial charge in [-0.1, -0.05) is 38.3 Å². The quantitative estimate of drug-likeness (QED) is 0.541. The highest BCUT2D eigenvalue weighted by Gasteiger charge is 2.29. The van der Waals surface area contributed by atoms with Crippen LogP contribution in [0.5, 0.6) is 0 Å². The molecule has 2 aliphatic rings. The smallest absolute Gasteiger partial charge is 0.0928 e. The van der Waals surface area contributed by atoms with Crippen molar-refractivity contribution < 1.29 is 4.39 Å². The molecule has 0 bridgehead atoms. The molecule has 0 aromatic carbocycles. The molecule has 0 aromatic rings. The number of rotatable bonds is 5. The molecule has 2 aliphatic carbocycles. The van der Waals surface area contributed by atoms with Crippen LogP contribution in [-0.2, 0) is 0 Å². The van der Waals surface area contributed by atoms with Crippen molar-refractivity contribution >= 4 is 0 Å². The van der Waals surface area contributed by atoms with Crippen LogP contribution in [-0.4, -0.2) is 6.67 Å². The van der Waals surface area contributed by atoms with E-state index in [-0.39, 0.29) is 6.67 Å². The minimum absolute atomic E-state index is 0.202. The monoisotopic (exact) mass is 266 g/mol. The van der Waals surface area contributed by atoms with Crippen molar-refractivity contribution in [3.05, 3.63) is 12.2 Å². The SMILES string of the molecule is CC[C@H]1CC[C@H](C2CCC(/C=C/CCF)CC2)CC1. The number of alkyl halides is 1. The summed E-state index contributed by atoms with van der Waals surface area (Å²) >= 11 is 0. The summed E-state index contributed by atoms with van der Waals surface area (Å²) in [4.78, 5) is 0. The van der Waals surface area contributed by atoms with Gasteiger partial charge in [0.25, 0.3) is 0 Å². The Bertz CT molecular complexity index is 255. The molecule has 0 saturated heterocycles. The molecule has 0 aliphatic heterocycles. The number of hydrogen-bond acceptors (Lipinski definition) is 0. The van der Waals surface area contributed by atoms with Crippen LogP contribution in [0, 0.1) is 23.7 Å². The predicted molar refractivity (Wildman–Crippen MR) is 80.9 cm³/mol. The van der Waals surface area contributed by atoms with E-state index in [1.807, 2.05) is 0 Å². The lowest BCUT2D eigenvalue weighted by atomic mass is 9.69. The van der Waals surface area contributed by atoms with Crippen molar-refractivity contribution in [3.8, 4) is 0 Å². The lowest BCUT2D eigenvalue weighted by Gasteiger charge is -2.37. The van der Waals surface area contributed by atoms with Gasteiger partial charge in [-0.15, -0.1) is 0 Å². The van der Waals surface area contributed by atoms with Gasteiger partial charge in [0.15, 0.2) is 0 Å². The fraction of sp³-hybridized carbons (Fsp3) is 0.889. The lowest BCUT2D eigenvalue weighted by Crippen LogP contribution is -2.25. The molecule has 0 amide bonds. The second-order valence-electron chi connectivity index (χ2n) is 6.77. The molecule has 1 heteroatoms. The first-order chi connectivity index (χ1) is 9.33. The van der Waals surface area contributed by atoms with E-state index in [4.69, 9.17) is 0 Å². The third-order valence-electron chi connectivity index (χ3n) is 5.64. The maximum Gasteiger partial charge on any atom is 0.0928 e. The zero-order valence-electron chi connectivity index (χ0n) is 12.6. The normalized spacial score (nSPS) is 36.7. The van der Waals surface area contributed by atoms with E-state index in [0.29, 0.717) is 6.42 Å². The van der Waals surface area contributed by atoms with E-state index < -0.39 is 0 Å². The minimum atomic E-state index is -0.202. The maximum atomic E-state index is 12.1. The first kappa shape index (κ1) is 15.1. The van der Waals surface area contributed by atoms with Gasteiger partial charge in [0.1, 0.15) is 0 Å². The van der Waals surface area contributed by atoms with Gasteiger partial charge in [0.05, 0.1) is 6.67 Å². The van der Waals surface area contributed by atoms with E-state index in [9.17, 15) is 4.39 Å². The Hall–Kier alpha value is -0.330. The van der Waals surface area contributed by atoms with Gasteiger partial charge in [-0.3, -0.25) is 4.39 Å². The molecule has 19 heavy (non-hydrogen) atoms. The Morgan fingerprint density at radius 2 is 1.47 bits per heavy atom. The third kappa shape index (κ3) is 4.61. The van der Waals surface area contributed by atoms with Gasteiger partial charge in [0.2, 0.25) is 0 Å². The molecule has 2 saturated carbocycles. The van der Waals surface area contributed by atoms with E-state index in [0.717, 1.165) is 23.7 Å². The van der Waals surface area contributed by atoms with E-state index >= 15 is 0 Å². The summed E-state index contributed by atoms with van der Waals surface area (Å²) in [7, 11) is 0. The molecular weight excluding hydrogens is 235 g/mol. The highest BCUT2D eigenvalue weighted by atomic mass is 19.1. The fourth-order valence-corrected chi connectivity index (χ4v) is 4.23. The van der Waals surface area contributed by atoms with Crippen molar-refractivity contribution in [1.82, 2.24) is 0 Å². The first-order valence-electron chi connectivity index (χ1n) is 8.56. The van der Waals surface area contributed by atoms with Crippen LogP contribution in [0.2, 0.25) is 0 Å². The van der Waals surface area contributed by atoms with Crippen molar-refractivity contribution in [1.29, 1.82) is 0 Å². The Morgan fingerprint density at radius 3 is 2.00 bits per heavy atom. The second-order valence-corrected chi connectivity index (χ2v) is 6.77. The predicted octanol–water partition coefficient (Wildman–Crippen LogP) is 5.93. The van der Waals surface area contributed by atoms with Crippen LogP contribution in [0.15, 0.2) is 12.2 Å². The highest BCUT2D eigenvalue weighted by molar-refractivity contribution is 4.92. The van der Waals surface area contributed by atoms with Gasteiger partial charge in [-0.2, -0.15) is 0 Å². The molecule has 0 unspecified atom stereocenters. The molecule has 0 N–H and O–H groups in total. The number of allylic oxidation sites excluding steroid dienone is 2. The van der Waals surface area contributed by atoms with Crippen LogP contribution in [0.25, 0.3) is 0 Å². The highest BCUT2D eigenvalue weighted by Crippen LogP contribution is 2.42. The molecule has 0 spiro atoms. The summed E-state index contributed by atoms with van der Waals surface area (Å²) in [5.74, 6) is 3.80. The average Bonchev–Trinajstić information content (AvgIpc) is 2.48. The molecule has 0 nitrogen and oxygen atoms in total. The average molecular weight is 266 g/mol. The lowest BCUT2D eigenvalue weighted by molar-refractivity contribution is 0.154. The van der Waals surface area contributed by atoms with Crippen LogP contribution in [0.4, 0.5) is 4.39 Å². The topological polar surface area (TPSA) is 0 Å². The van der Waals surface area contributed by atoms with Crippen LogP contribution in [0.1, 0.15) is 71.1 Å². The fourth-order valence-electron chi connectivity index (χ4n) is 4.23. The van der Waals surface area contributed by atoms with Gasteiger partial charge < -0.3 is 0 Å². The van der Waals surface area contributed by atoms with Gasteiger partial charge in [-0.25, -0.2) is 0 Å². The van der Waals surface area contributed by atoms with Crippen LogP contribution in [0.3, 0.4) is 0 Å². The van der Waals surface area contributed by atoms with Gasteiger partial charge in [0, 0.05) is 0 Å². The number of halogens is 1. The largest absolute Gasteiger partial charge is 0.251 e. The molecular formula is C18H31F. The summed E-state index contributed by atoms with van der Waals surface area (Å²) in [5, 5.41) is 0. The van der Waals surface area contributed by atoms with Crippen molar-refractivity contribution in [2.24, 2.45) is 23.7 Å². The molecule has 0 radical (unpaired) electrons. The Labute approximate surface area is 118 Å². The Kier molecular flexibility index (Phi) is 6.40. The zero-order valence-corrected chi connectivity index (χ0v) is 12.6. The van der Waals surface area contributed by atoms with E-state index in [1.54, 1.807) is 0 Å². The number of hydrogen-bond donors (Lipinski definition) is 0. The maximum absolute atomic E-state index is 12.1. The summed E-state index contributed by atoms with van der Waals surface area (Å²) in [6.45, 7) is 2.15. The van der Waals surface area contributed by atoms with Gasteiger partial charge in [-0.05, 0) is 68.6 Å². The second kappa shape index (κ2) is 8.07. The molecule has 110 valence electrons. The standard InChI is InChI=1S/C18H31F/c1-2-15-6-10-17(11-7-15)18-12-8-16(9-13-18)5-3-4-14-19/h3,5,15-18H,2,4,6-14H2,1H3/b5-3+/t15-,16?,17-,18?. The van der Waals surface area contributed by atoms with E-state index in [2.05, 4.69) is 19.1 Å². The van der Waals surface area contributed by atoms with Crippen LogP contribution < -0.4 is 0 Å². The van der Waals surface area contributed by atoms with Crippen molar-refractivity contribution in [2.75, 3.05) is 6.67 Å². The van der Waals surface area contributed by atoms with Crippen molar-refractivity contribution in [3.63, 3.8) is 0 Å². The van der Waals surface area contributed by atoms with Gasteiger partial charge >= 0.3 is 0 Å². The summed E-state index contributed by atoms with van der Waals surface area (Å²) in [6.07, 6.45) is 17.8. The molecule has 2 fully saturated rings. The summed E-state index contributed by atoms with van der Waals surface area (Å²) in [6, 6.07) is 0. The summed E-state index contributed by atoms with van der Waals surface area (Å²) < 4.78 is 12.1. The first-order valence-corrected chi connectivity index (χ1v) is 8.56. The minimum Gasteiger partial charge on any atom is -0.251 e. The van der Waals surface area contributed by atoms with Crippen LogP contribution >= 0.6 is 0 Å². The third-order valence-corrected chi connectivity index (χ3v) is 5.64. The molecule has 2 rings (SSSR count). The Morgan fingerprint density at radius 1 is 0.895 bits per heavy atom. The molecule has 0 atom stereocenters. The zero-order chi connectivity index (χ0) is 13.5. The molecule has 0 aromatic heterocycles. The summed E-state index contributed by atoms with van der Waals surface area (Å²) in [5.41, 5.74) is 0. The van der Waals surface area contributed by atoms with E-state index in [1.165, 1.54) is 57.8 Å². The van der Waals surface area contributed by atoms with Crippen molar-refractivity contribution in [2.45, 2.75) is 71.1 Å².